The Morgan fingerprint density at radius 3 is 2.40 bits per heavy atom. The fraction of sp³-hybridized carbons (Fsp3) is 0.667. The van der Waals surface area contributed by atoms with E-state index in [1.165, 1.54) is 43.5 Å². The fourth-order valence-electron chi connectivity index (χ4n) is 2.99. The minimum Gasteiger partial charge on any atom is -0.310 e. The Morgan fingerprint density at radius 2 is 1.80 bits per heavy atom. The summed E-state index contributed by atoms with van der Waals surface area (Å²) < 4.78 is 0. The van der Waals surface area contributed by atoms with Crippen LogP contribution in [-0.2, 0) is 13.1 Å². The first kappa shape index (κ1) is 15.5. The highest BCUT2D eigenvalue weighted by Crippen LogP contribution is 2.22. The second-order valence-corrected chi connectivity index (χ2v) is 6.43. The fourth-order valence-corrected chi connectivity index (χ4v) is 2.99. The van der Waals surface area contributed by atoms with Crippen LogP contribution in [0.4, 0.5) is 0 Å². The van der Waals surface area contributed by atoms with Gasteiger partial charge in [0.25, 0.3) is 0 Å². The van der Waals surface area contributed by atoms with Crippen molar-refractivity contribution < 1.29 is 0 Å². The van der Waals surface area contributed by atoms with Crippen LogP contribution in [0.15, 0.2) is 24.3 Å². The van der Waals surface area contributed by atoms with Gasteiger partial charge in [-0.3, -0.25) is 4.90 Å². The zero-order chi connectivity index (χ0) is 14.4. The molecule has 0 saturated carbocycles. The van der Waals surface area contributed by atoms with Crippen molar-refractivity contribution in [2.75, 3.05) is 13.1 Å². The zero-order valence-corrected chi connectivity index (χ0v) is 13.4. The van der Waals surface area contributed by atoms with E-state index in [4.69, 9.17) is 0 Å². The van der Waals surface area contributed by atoms with Gasteiger partial charge in [-0.25, -0.2) is 0 Å². The van der Waals surface area contributed by atoms with E-state index < -0.39 is 0 Å². The van der Waals surface area contributed by atoms with Gasteiger partial charge >= 0.3 is 0 Å². The molecule has 0 aliphatic carbocycles. The van der Waals surface area contributed by atoms with E-state index in [0.717, 1.165) is 19.0 Å². The molecule has 0 aromatic heterocycles. The highest BCUT2D eigenvalue weighted by Gasteiger charge is 2.18. The SMILES string of the molecule is CCC1CCN(Cc2ccccc2CNC(C)C)CC1. The normalized spacial score (nSPS) is 17.8. The van der Waals surface area contributed by atoms with Crippen LogP contribution in [0, 0.1) is 5.92 Å². The molecule has 1 aromatic rings. The van der Waals surface area contributed by atoms with Gasteiger partial charge in [0.1, 0.15) is 0 Å². The predicted octanol–water partition coefficient (Wildman–Crippen LogP) is 3.81. The average molecular weight is 274 g/mol. The summed E-state index contributed by atoms with van der Waals surface area (Å²) in [6, 6.07) is 9.44. The molecule has 0 bridgehead atoms. The Bertz CT molecular complexity index is 392. The maximum atomic E-state index is 3.54. The summed E-state index contributed by atoms with van der Waals surface area (Å²) in [5, 5.41) is 3.54. The number of nitrogens with one attached hydrogen (secondary N) is 1. The molecule has 2 rings (SSSR count). The van der Waals surface area contributed by atoms with Crippen molar-refractivity contribution in [2.24, 2.45) is 5.92 Å². The lowest BCUT2D eigenvalue weighted by atomic mass is 9.94. The topological polar surface area (TPSA) is 15.3 Å². The standard InChI is InChI=1S/C18H30N2/c1-4-16-9-11-20(12-10-16)14-18-8-6-5-7-17(18)13-19-15(2)3/h5-8,15-16,19H,4,9-14H2,1-3H3. The number of hydrogen-bond donors (Lipinski definition) is 1. The van der Waals surface area contributed by atoms with Gasteiger partial charge < -0.3 is 5.32 Å². The van der Waals surface area contributed by atoms with Crippen molar-refractivity contribution in [1.82, 2.24) is 10.2 Å². The second kappa shape index (κ2) is 7.80. The number of nitrogens with zero attached hydrogens (tertiary/aromatic N) is 1. The van der Waals surface area contributed by atoms with E-state index in [-0.39, 0.29) is 0 Å². The van der Waals surface area contributed by atoms with E-state index in [1.54, 1.807) is 0 Å². The number of rotatable bonds is 6. The van der Waals surface area contributed by atoms with Crippen LogP contribution in [0.5, 0.6) is 0 Å². The number of piperidine rings is 1. The van der Waals surface area contributed by atoms with Gasteiger partial charge in [0, 0.05) is 19.1 Å². The third-order valence-electron chi connectivity index (χ3n) is 4.50. The van der Waals surface area contributed by atoms with Crippen molar-refractivity contribution in [1.29, 1.82) is 0 Å². The predicted molar refractivity (Wildman–Crippen MR) is 86.7 cm³/mol. The molecule has 20 heavy (non-hydrogen) atoms. The Kier molecular flexibility index (Phi) is 6.06. The molecule has 0 unspecified atom stereocenters. The van der Waals surface area contributed by atoms with Crippen molar-refractivity contribution in [2.45, 2.75) is 59.2 Å². The number of likely N-dealkylation sites (tertiary alicyclic amines) is 1. The summed E-state index contributed by atoms with van der Waals surface area (Å²) in [7, 11) is 0. The molecular weight excluding hydrogens is 244 g/mol. The van der Waals surface area contributed by atoms with Crippen LogP contribution in [0.2, 0.25) is 0 Å². The van der Waals surface area contributed by atoms with Crippen LogP contribution in [0.3, 0.4) is 0 Å². The summed E-state index contributed by atoms with van der Waals surface area (Å²) in [5.74, 6) is 0.962. The monoisotopic (exact) mass is 274 g/mol. The van der Waals surface area contributed by atoms with E-state index in [9.17, 15) is 0 Å². The van der Waals surface area contributed by atoms with Gasteiger partial charge in [-0.2, -0.15) is 0 Å². The highest BCUT2D eigenvalue weighted by atomic mass is 15.1. The summed E-state index contributed by atoms with van der Waals surface area (Å²) >= 11 is 0. The van der Waals surface area contributed by atoms with Crippen molar-refractivity contribution in [3.8, 4) is 0 Å². The van der Waals surface area contributed by atoms with E-state index in [0.29, 0.717) is 6.04 Å². The first-order valence-corrected chi connectivity index (χ1v) is 8.21. The Hall–Kier alpha value is -0.860. The van der Waals surface area contributed by atoms with Crippen LogP contribution in [-0.4, -0.2) is 24.0 Å². The second-order valence-electron chi connectivity index (χ2n) is 6.43. The summed E-state index contributed by atoms with van der Waals surface area (Å²) in [5.41, 5.74) is 2.95. The molecule has 1 heterocycles. The lowest BCUT2D eigenvalue weighted by Gasteiger charge is -2.32. The summed E-state index contributed by atoms with van der Waals surface area (Å²) in [6.45, 7) is 11.4. The third-order valence-corrected chi connectivity index (χ3v) is 4.50. The lowest BCUT2D eigenvalue weighted by Crippen LogP contribution is -2.33. The van der Waals surface area contributed by atoms with Crippen LogP contribution in [0.25, 0.3) is 0 Å². The Labute approximate surface area is 124 Å². The molecule has 2 heteroatoms. The average Bonchev–Trinajstić information content (AvgIpc) is 2.47. The summed E-state index contributed by atoms with van der Waals surface area (Å²) in [4.78, 5) is 2.63. The number of benzene rings is 1. The van der Waals surface area contributed by atoms with Gasteiger partial charge in [0.05, 0.1) is 0 Å². The van der Waals surface area contributed by atoms with Crippen molar-refractivity contribution in [3.05, 3.63) is 35.4 Å². The van der Waals surface area contributed by atoms with Gasteiger partial charge in [0.2, 0.25) is 0 Å². The van der Waals surface area contributed by atoms with E-state index >= 15 is 0 Å². The highest BCUT2D eigenvalue weighted by molar-refractivity contribution is 5.27. The molecule has 1 saturated heterocycles. The molecule has 0 spiro atoms. The molecule has 1 fully saturated rings. The first-order valence-electron chi connectivity index (χ1n) is 8.21. The number of hydrogen-bond acceptors (Lipinski definition) is 2. The van der Waals surface area contributed by atoms with Crippen molar-refractivity contribution >= 4 is 0 Å². The minimum absolute atomic E-state index is 0.545. The molecule has 112 valence electrons. The maximum Gasteiger partial charge on any atom is 0.0236 e. The van der Waals surface area contributed by atoms with Gasteiger partial charge in [-0.1, -0.05) is 51.5 Å². The van der Waals surface area contributed by atoms with Crippen molar-refractivity contribution in [3.63, 3.8) is 0 Å². The molecule has 0 amide bonds. The molecular formula is C18H30N2. The van der Waals surface area contributed by atoms with Crippen LogP contribution in [0.1, 0.15) is 51.2 Å². The molecule has 1 aliphatic rings. The smallest absolute Gasteiger partial charge is 0.0236 e. The maximum absolute atomic E-state index is 3.54. The largest absolute Gasteiger partial charge is 0.310 e. The minimum atomic E-state index is 0.545. The van der Waals surface area contributed by atoms with Gasteiger partial charge in [-0.15, -0.1) is 0 Å². The first-order chi connectivity index (χ1) is 9.69. The summed E-state index contributed by atoms with van der Waals surface area (Å²) in [6.07, 6.45) is 4.11. The molecule has 0 atom stereocenters. The lowest BCUT2D eigenvalue weighted by molar-refractivity contribution is 0.174. The molecule has 1 aliphatic heterocycles. The quantitative estimate of drug-likeness (QED) is 0.848. The molecule has 1 aromatic carbocycles. The Balaban J connectivity index is 1.92. The van der Waals surface area contributed by atoms with Gasteiger partial charge in [-0.05, 0) is 43.0 Å². The molecule has 1 N–H and O–H groups in total. The van der Waals surface area contributed by atoms with E-state index in [2.05, 4.69) is 55.3 Å². The zero-order valence-electron chi connectivity index (χ0n) is 13.4. The Morgan fingerprint density at radius 1 is 1.15 bits per heavy atom. The third kappa shape index (κ3) is 4.60. The molecule has 0 radical (unpaired) electrons. The van der Waals surface area contributed by atoms with Crippen LogP contribution >= 0.6 is 0 Å². The van der Waals surface area contributed by atoms with Gasteiger partial charge in [0.15, 0.2) is 0 Å². The van der Waals surface area contributed by atoms with E-state index in [1.807, 2.05) is 0 Å². The van der Waals surface area contributed by atoms with Crippen LogP contribution < -0.4 is 5.32 Å². The molecule has 2 nitrogen and oxygen atoms in total.